The summed E-state index contributed by atoms with van der Waals surface area (Å²) >= 11 is 5.70. The molecule has 2 N–H and O–H groups in total. The molecule has 0 aliphatic heterocycles. The van der Waals surface area contributed by atoms with Gasteiger partial charge in [-0.3, -0.25) is 10.0 Å². The molecule has 2 aromatic rings. The van der Waals surface area contributed by atoms with Gasteiger partial charge >= 0.3 is 0 Å². The van der Waals surface area contributed by atoms with Crippen LogP contribution in [0.4, 0.5) is 4.39 Å². The van der Waals surface area contributed by atoms with Crippen LogP contribution in [0.5, 0.6) is 5.75 Å². The summed E-state index contributed by atoms with van der Waals surface area (Å²) in [5, 5.41) is 8.76. The molecule has 26 heavy (non-hydrogen) atoms. The minimum absolute atomic E-state index is 0.0973. The van der Waals surface area contributed by atoms with Gasteiger partial charge in [-0.2, -0.15) is 0 Å². The zero-order chi connectivity index (χ0) is 18.8. The fourth-order valence-corrected chi connectivity index (χ4v) is 2.50. The third kappa shape index (κ3) is 6.63. The first-order valence-corrected chi connectivity index (χ1v) is 8.65. The molecule has 0 bridgehead atoms. The molecule has 2 aromatic carbocycles. The van der Waals surface area contributed by atoms with Crippen molar-refractivity contribution in [1.82, 2.24) is 5.48 Å². The predicted molar refractivity (Wildman–Crippen MR) is 95.7 cm³/mol. The summed E-state index contributed by atoms with van der Waals surface area (Å²) in [4.78, 5) is 11.7. The van der Waals surface area contributed by atoms with E-state index in [1.54, 1.807) is 5.48 Å². The number of amides is 1. The van der Waals surface area contributed by atoms with Crippen molar-refractivity contribution in [3.8, 4) is 5.75 Å². The van der Waals surface area contributed by atoms with Crippen LogP contribution < -0.4 is 10.2 Å². The molecule has 0 aromatic heterocycles. The summed E-state index contributed by atoms with van der Waals surface area (Å²) in [7, 11) is 0. The van der Waals surface area contributed by atoms with Crippen LogP contribution in [-0.2, 0) is 16.1 Å². The first kappa shape index (κ1) is 20.2. The molecule has 0 heterocycles. The molecule has 0 saturated heterocycles. The van der Waals surface area contributed by atoms with E-state index < -0.39 is 17.8 Å². The molecule has 0 saturated carbocycles. The van der Waals surface area contributed by atoms with Crippen LogP contribution in [0.2, 0.25) is 5.02 Å². The summed E-state index contributed by atoms with van der Waals surface area (Å²) < 4.78 is 24.3. The SMILES string of the molecule is O=C(NO)C(CCCCOCc1ccccc1)Oc1ccc(F)c(Cl)c1. The number of unbranched alkanes of at least 4 members (excludes halogenated alkanes) is 1. The van der Waals surface area contributed by atoms with E-state index in [0.29, 0.717) is 26.1 Å². The van der Waals surface area contributed by atoms with Gasteiger partial charge in [0.2, 0.25) is 0 Å². The van der Waals surface area contributed by atoms with Crippen molar-refractivity contribution in [2.45, 2.75) is 32.0 Å². The van der Waals surface area contributed by atoms with Crippen molar-refractivity contribution in [1.29, 1.82) is 0 Å². The third-order valence-electron chi connectivity index (χ3n) is 3.69. The largest absolute Gasteiger partial charge is 0.480 e. The molecule has 5 nitrogen and oxygen atoms in total. The van der Waals surface area contributed by atoms with Crippen LogP contribution in [0.1, 0.15) is 24.8 Å². The highest BCUT2D eigenvalue weighted by Crippen LogP contribution is 2.23. The number of rotatable bonds is 10. The zero-order valence-corrected chi connectivity index (χ0v) is 14.9. The Kier molecular flexibility index (Phi) is 8.34. The summed E-state index contributed by atoms with van der Waals surface area (Å²) in [6, 6.07) is 13.7. The van der Waals surface area contributed by atoms with Crippen LogP contribution in [0.15, 0.2) is 48.5 Å². The molecule has 0 radical (unpaired) electrons. The average molecular weight is 382 g/mol. The van der Waals surface area contributed by atoms with Gasteiger partial charge in [-0.15, -0.1) is 0 Å². The Morgan fingerprint density at radius 3 is 2.65 bits per heavy atom. The molecule has 0 aliphatic carbocycles. The summed E-state index contributed by atoms with van der Waals surface area (Å²) in [5.74, 6) is -0.987. The van der Waals surface area contributed by atoms with Gasteiger partial charge in [0.05, 0.1) is 11.6 Å². The minimum atomic E-state index is -0.907. The number of ether oxygens (including phenoxy) is 2. The molecule has 0 spiro atoms. The second-order valence-electron chi connectivity index (χ2n) is 5.69. The van der Waals surface area contributed by atoms with Gasteiger partial charge in [0.1, 0.15) is 11.6 Å². The van der Waals surface area contributed by atoms with E-state index in [2.05, 4.69) is 0 Å². The number of carbonyl (C=O) groups excluding carboxylic acids is 1. The van der Waals surface area contributed by atoms with Gasteiger partial charge in [-0.1, -0.05) is 41.9 Å². The minimum Gasteiger partial charge on any atom is -0.480 e. The molecule has 0 aliphatic rings. The Morgan fingerprint density at radius 2 is 1.96 bits per heavy atom. The van der Waals surface area contributed by atoms with Gasteiger partial charge in [0.25, 0.3) is 5.91 Å². The summed E-state index contributed by atoms with van der Waals surface area (Å²) in [5.41, 5.74) is 2.68. The van der Waals surface area contributed by atoms with Crippen LogP contribution in [0, 0.1) is 5.82 Å². The lowest BCUT2D eigenvalue weighted by Gasteiger charge is -2.17. The number of hydrogen-bond acceptors (Lipinski definition) is 4. The van der Waals surface area contributed by atoms with Crippen molar-refractivity contribution >= 4 is 17.5 Å². The van der Waals surface area contributed by atoms with Gasteiger partial charge < -0.3 is 9.47 Å². The molecule has 1 unspecified atom stereocenters. The smallest absolute Gasteiger partial charge is 0.284 e. The van der Waals surface area contributed by atoms with E-state index in [4.69, 9.17) is 26.3 Å². The van der Waals surface area contributed by atoms with E-state index in [-0.39, 0.29) is 10.8 Å². The van der Waals surface area contributed by atoms with E-state index in [9.17, 15) is 9.18 Å². The van der Waals surface area contributed by atoms with E-state index >= 15 is 0 Å². The lowest BCUT2D eigenvalue weighted by Crippen LogP contribution is -2.36. The summed E-state index contributed by atoms with van der Waals surface area (Å²) in [6.45, 7) is 1.08. The number of halogens is 2. The highest BCUT2D eigenvalue weighted by atomic mass is 35.5. The van der Waals surface area contributed by atoms with E-state index in [1.165, 1.54) is 12.1 Å². The van der Waals surface area contributed by atoms with Crippen molar-refractivity contribution in [3.63, 3.8) is 0 Å². The maximum Gasteiger partial charge on any atom is 0.284 e. The maximum atomic E-state index is 13.2. The van der Waals surface area contributed by atoms with Crippen molar-refractivity contribution in [2.75, 3.05) is 6.61 Å². The van der Waals surface area contributed by atoms with E-state index in [0.717, 1.165) is 18.1 Å². The molecule has 1 atom stereocenters. The average Bonchev–Trinajstić information content (AvgIpc) is 2.66. The predicted octanol–water partition coefficient (Wildman–Crippen LogP) is 4.12. The monoisotopic (exact) mass is 381 g/mol. The van der Waals surface area contributed by atoms with Crippen molar-refractivity contribution in [3.05, 3.63) is 64.9 Å². The molecule has 1 amide bonds. The topological polar surface area (TPSA) is 67.8 Å². The zero-order valence-electron chi connectivity index (χ0n) is 14.2. The van der Waals surface area contributed by atoms with Crippen LogP contribution >= 0.6 is 11.6 Å². The Balaban J connectivity index is 1.75. The fraction of sp³-hybridized carbons (Fsp3) is 0.316. The lowest BCUT2D eigenvalue weighted by atomic mass is 10.1. The number of benzene rings is 2. The Hall–Kier alpha value is -2.15. The number of hydrogen-bond donors (Lipinski definition) is 2. The number of nitrogens with one attached hydrogen (secondary N) is 1. The molecule has 7 heteroatoms. The maximum absolute atomic E-state index is 13.2. The fourth-order valence-electron chi connectivity index (χ4n) is 2.33. The third-order valence-corrected chi connectivity index (χ3v) is 3.98. The molecule has 140 valence electrons. The highest BCUT2D eigenvalue weighted by Gasteiger charge is 2.20. The first-order chi connectivity index (χ1) is 12.6. The van der Waals surface area contributed by atoms with E-state index in [1.807, 2.05) is 30.3 Å². The van der Waals surface area contributed by atoms with Crippen molar-refractivity contribution in [2.24, 2.45) is 0 Å². The van der Waals surface area contributed by atoms with Crippen LogP contribution in [-0.4, -0.2) is 23.8 Å². The van der Waals surface area contributed by atoms with Gasteiger partial charge in [0.15, 0.2) is 6.10 Å². The Morgan fingerprint density at radius 1 is 1.19 bits per heavy atom. The first-order valence-electron chi connectivity index (χ1n) is 8.27. The number of carbonyl (C=O) groups is 1. The van der Waals surface area contributed by atoms with Gasteiger partial charge in [-0.25, -0.2) is 9.87 Å². The second kappa shape index (κ2) is 10.8. The normalized spacial score (nSPS) is 11.8. The van der Waals surface area contributed by atoms with Crippen LogP contribution in [0.3, 0.4) is 0 Å². The Labute approximate surface area is 156 Å². The van der Waals surface area contributed by atoms with Crippen molar-refractivity contribution < 1.29 is 23.9 Å². The molecule has 2 rings (SSSR count). The number of hydroxylamine groups is 1. The molecular weight excluding hydrogens is 361 g/mol. The van der Waals surface area contributed by atoms with Crippen LogP contribution in [0.25, 0.3) is 0 Å². The highest BCUT2D eigenvalue weighted by molar-refractivity contribution is 6.30. The molecule has 0 fully saturated rings. The summed E-state index contributed by atoms with van der Waals surface area (Å²) in [6.07, 6.45) is 0.851. The quantitative estimate of drug-likeness (QED) is 0.369. The van der Waals surface area contributed by atoms with Gasteiger partial charge in [0, 0.05) is 12.7 Å². The second-order valence-corrected chi connectivity index (χ2v) is 6.10. The Bertz CT molecular complexity index is 699. The standard InChI is InChI=1S/C19H21ClFNO4/c20-16-12-15(9-10-17(16)21)26-18(19(23)22-24)8-4-5-11-25-13-14-6-2-1-3-7-14/h1-3,6-7,9-10,12,18,24H,4-5,8,11,13H2,(H,22,23). The lowest BCUT2D eigenvalue weighted by molar-refractivity contribution is -0.136. The molecular formula is C19H21ClFNO4. The van der Waals surface area contributed by atoms with Gasteiger partial charge in [-0.05, 0) is 37.0 Å².